The molecule has 0 aromatic heterocycles. The van der Waals surface area contributed by atoms with Crippen LogP contribution in [0.1, 0.15) is 52.9 Å². The van der Waals surface area contributed by atoms with E-state index in [0.29, 0.717) is 17.7 Å². The van der Waals surface area contributed by atoms with Crippen LogP contribution >= 0.6 is 22.6 Å². The second kappa shape index (κ2) is 15.4. The van der Waals surface area contributed by atoms with E-state index in [1.165, 1.54) is 12.1 Å². The lowest BCUT2D eigenvalue weighted by molar-refractivity contribution is 0.0829. The Bertz CT molecular complexity index is 1220. The van der Waals surface area contributed by atoms with Crippen molar-refractivity contribution in [1.29, 1.82) is 0 Å². The number of carbonyl (C=O) groups is 1. The summed E-state index contributed by atoms with van der Waals surface area (Å²) in [6, 6.07) is 16.3. The molecule has 8 heteroatoms. The van der Waals surface area contributed by atoms with Gasteiger partial charge in [0.05, 0.1) is 12.1 Å². The number of hydrogen-bond acceptors (Lipinski definition) is 4. The number of amides is 1. The minimum Gasteiger partial charge on any atom is -0.390 e. The average molecular weight is 650 g/mol. The van der Waals surface area contributed by atoms with Crippen LogP contribution in [0.15, 0.2) is 60.7 Å². The molecular formula is C31H38F2IN3O2. The quantitative estimate of drug-likeness (QED) is 0.199. The molecule has 2 atom stereocenters. The Labute approximate surface area is 244 Å². The summed E-state index contributed by atoms with van der Waals surface area (Å²) in [6.45, 7) is 9.56. The van der Waals surface area contributed by atoms with Gasteiger partial charge in [0.25, 0.3) is 5.91 Å². The van der Waals surface area contributed by atoms with Crippen molar-refractivity contribution >= 4 is 28.5 Å². The van der Waals surface area contributed by atoms with Gasteiger partial charge < -0.3 is 15.7 Å². The number of aliphatic hydroxyl groups excluding tert-OH is 1. The summed E-state index contributed by atoms with van der Waals surface area (Å²) in [6.07, 6.45) is 0.128. The summed E-state index contributed by atoms with van der Waals surface area (Å²) in [4.78, 5) is 15.7. The lowest BCUT2D eigenvalue weighted by Gasteiger charge is -2.25. The lowest BCUT2D eigenvalue weighted by atomic mass is 9.99. The highest BCUT2D eigenvalue weighted by atomic mass is 127. The maximum atomic E-state index is 13.9. The van der Waals surface area contributed by atoms with Gasteiger partial charge in [0.15, 0.2) is 0 Å². The predicted octanol–water partition coefficient (Wildman–Crippen LogP) is 5.60. The van der Waals surface area contributed by atoms with E-state index in [0.717, 1.165) is 52.4 Å². The highest BCUT2D eigenvalue weighted by Crippen LogP contribution is 2.16. The summed E-state index contributed by atoms with van der Waals surface area (Å²) in [5, 5.41) is 17.3. The molecule has 210 valence electrons. The van der Waals surface area contributed by atoms with Gasteiger partial charge in [0.1, 0.15) is 11.6 Å². The van der Waals surface area contributed by atoms with Crippen LogP contribution in [0.3, 0.4) is 0 Å². The first kappa shape index (κ1) is 31.1. The second-order valence-electron chi connectivity index (χ2n) is 9.97. The molecule has 0 bridgehead atoms. The van der Waals surface area contributed by atoms with Gasteiger partial charge in [-0.2, -0.15) is 0 Å². The average Bonchev–Trinajstić information content (AvgIpc) is 2.87. The highest BCUT2D eigenvalue weighted by Gasteiger charge is 2.23. The Balaban J connectivity index is 1.76. The third-order valence-corrected chi connectivity index (χ3v) is 7.19. The normalized spacial score (nSPS) is 12.9. The number of halogens is 3. The summed E-state index contributed by atoms with van der Waals surface area (Å²) in [5.41, 5.74) is 3.93. The SMILES string of the molecule is CCCN(CC)Cc1cc(C)cc(C(=O)NC(Cc2cc(F)cc(F)c2)C(O)CNCc2cccc(I)c2)c1. The molecule has 39 heavy (non-hydrogen) atoms. The van der Waals surface area contributed by atoms with Crippen molar-refractivity contribution in [3.63, 3.8) is 0 Å². The van der Waals surface area contributed by atoms with Gasteiger partial charge in [-0.05, 0) is 109 Å². The van der Waals surface area contributed by atoms with Crippen molar-refractivity contribution < 1.29 is 18.7 Å². The number of carbonyl (C=O) groups excluding carboxylic acids is 1. The lowest BCUT2D eigenvalue weighted by Crippen LogP contribution is -2.48. The van der Waals surface area contributed by atoms with Crippen molar-refractivity contribution in [2.75, 3.05) is 19.6 Å². The fraction of sp³-hybridized carbons (Fsp3) is 0.387. The summed E-state index contributed by atoms with van der Waals surface area (Å²) in [5.74, 6) is -1.73. The van der Waals surface area contributed by atoms with Gasteiger partial charge >= 0.3 is 0 Å². The minimum absolute atomic E-state index is 0.0747. The molecule has 0 saturated carbocycles. The molecule has 5 nitrogen and oxygen atoms in total. The Morgan fingerprint density at radius 3 is 2.41 bits per heavy atom. The van der Waals surface area contributed by atoms with Crippen molar-refractivity contribution in [1.82, 2.24) is 15.5 Å². The molecule has 3 aromatic rings. The van der Waals surface area contributed by atoms with Gasteiger partial charge in [0, 0.05) is 34.8 Å². The van der Waals surface area contributed by atoms with Crippen LogP contribution in [0.4, 0.5) is 8.78 Å². The fourth-order valence-corrected chi connectivity index (χ4v) is 5.29. The van der Waals surface area contributed by atoms with Crippen LogP contribution in [0, 0.1) is 22.1 Å². The monoisotopic (exact) mass is 649 g/mol. The van der Waals surface area contributed by atoms with E-state index in [9.17, 15) is 18.7 Å². The van der Waals surface area contributed by atoms with E-state index in [2.05, 4.69) is 58.0 Å². The van der Waals surface area contributed by atoms with Crippen molar-refractivity contribution in [2.45, 2.75) is 58.8 Å². The zero-order valence-corrected chi connectivity index (χ0v) is 25.0. The van der Waals surface area contributed by atoms with Gasteiger partial charge in [-0.15, -0.1) is 0 Å². The van der Waals surface area contributed by atoms with Crippen LogP contribution in [-0.2, 0) is 19.5 Å². The summed E-state index contributed by atoms with van der Waals surface area (Å²) in [7, 11) is 0. The van der Waals surface area contributed by atoms with E-state index in [4.69, 9.17) is 0 Å². The summed E-state index contributed by atoms with van der Waals surface area (Å²) >= 11 is 2.25. The standard InChI is InChI=1S/C31H38F2IN3O2/c1-4-9-37(5-2)20-24-10-21(3)11-25(12-24)31(39)36-29(16-23-13-26(32)17-27(33)14-23)30(38)19-35-18-22-7-6-8-28(34)15-22/h6-8,10-15,17,29-30,35,38H,4-5,9,16,18-20H2,1-3H3,(H,36,39). The molecule has 0 spiro atoms. The molecule has 0 heterocycles. The van der Waals surface area contributed by atoms with E-state index in [-0.39, 0.29) is 18.9 Å². The Hall–Kier alpha value is -2.40. The van der Waals surface area contributed by atoms with E-state index in [1.54, 1.807) is 0 Å². The highest BCUT2D eigenvalue weighted by molar-refractivity contribution is 14.1. The molecule has 1 amide bonds. The van der Waals surface area contributed by atoms with Crippen LogP contribution in [0.2, 0.25) is 0 Å². The number of aliphatic hydroxyl groups is 1. The first-order chi connectivity index (χ1) is 18.7. The molecule has 0 radical (unpaired) electrons. The Morgan fingerprint density at radius 1 is 1.00 bits per heavy atom. The first-order valence-corrected chi connectivity index (χ1v) is 14.5. The van der Waals surface area contributed by atoms with Crippen LogP contribution in [0.25, 0.3) is 0 Å². The van der Waals surface area contributed by atoms with E-state index in [1.807, 2.05) is 43.3 Å². The third-order valence-electron chi connectivity index (χ3n) is 6.52. The van der Waals surface area contributed by atoms with Crippen LogP contribution in [0.5, 0.6) is 0 Å². The minimum atomic E-state index is -0.993. The maximum absolute atomic E-state index is 13.9. The molecule has 0 aliphatic heterocycles. The van der Waals surface area contributed by atoms with Crippen LogP contribution < -0.4 is 10.6 Å². The van der Waals surface area contributed by atoms with Crippen molar-refractivity contribution in [2.24, 2.45) is 0 Å². The maximum Gasteiger partial charge on any atom is 0.251 e. The zero-order chi connectivity index (χ0) is 28.4. The molecule has 0 saturated heterocycles. The molecule has 3 rings (SSSR count). The van der Waals surface area contributed by atoms with Gasteiger partial charge in [-0.1, -0.05) is 37.6 Å². The van der Waals surface area contributed by atoms with Crippen LogP contribution in [-0.4, -0.2) is 47.7 Å². The number of nitrogens with one attached hydrogen (secondary N) is 2. The molecule has 0 aliphatic rings. The zero-order valence-electron chi connectivity index (χ0n) is 22.8. The third kappa shape index (κ3) is 10.3. The van der Waals surface area contributed by atoms with E-state index >= 15 is 0 Å². The van der Waals surface area contributed by atoms with Gasteiger partial charge in [-0.3, -0.25) is 9.69 Å². The van der Waals surface area contributed by atoms with E-state index < -0.39 is 23.8 Å². The number of benzene rings is 3. The van der Waals surface area contributed by atoms with Gasteiger partial charge in [-0.25, -0.2) is 8.78 Å². The topological polar surface area (TPSA) is 64.6 Å². The smallest absolute Gasteiger partial charge is 0.251 e. The Morgan fingerprint density at radius 2 is 1.74 bits per heavy atom. The van der Waals surface area contributed by atoms with Gasteiger partial charge in [0.2, 0.25) is 0 Å². The number of hydrogen-bond donors (Lipinski definition) is 3. The molecule has 3 N–H and O–H groups in total. The largest absolute Gasteiger partial charge is 0.390 e. The second-order valence-corrected chi connectivity index (χ2v) is 11.2. The molecule has 0 aliphatic carbocycles. The fourth-order valence-electron chi connectivity index (χ4n) is 4.68. The number of aryl methyl sites for hydroxylation is 1. The Kier molecular flexibility index (Phi) is 12.3. The molecule has 3 aromatic carbocycles. The number of nitrogens with zero attached hydrogens (tertiary/aromatic N) is 1. The summed E-state index contributed by atoms with van der Waals surface area (Å²) < 4.78 is 28.9. The van der Waals surface area contributed by atoms with Crippen molar-refractivity contribution in [3.05, 3.63) is 104 Å². The first-order valence-electron chi connectivity index (χ1n) is 13.4. The molecule has 2 unspecified atom stereocenters. The molecule has 0 fully saturated rings. The molecular weight excluding hydrogens is 611 g/mol. The number of rotatable bonds is 14. The van der Waals surface area contributed by atoms with Crippen molar-refractivity contribution in [3.8, 4) is 0 Å². The predicted molar refractivity (Wildman–Crippen MR) is 161 cm³/mol.